The van der Waals surface area contributed by atoms with Gasteiger partial charge in [0.2, 0.25) is 11.8 Å². The van der Waals surface area contributed by atoms with Crippen molar-refractivity contribution in [1.82, 2.24) is 10.3 Å². The molecule has 1 rings (SSSR count). The molecule has 1 aromatic heterocycles. The van der Waals surface area contributed by atoms with Crippen LogP contribution in [0.2, 0.25) is 0 Å². The highest BCUT2D eigenvalue weighted by molar-refractivity contribution is 5.83. The van der Waals surface area contributed by atoms with Gasteiger partial charge in [0.05, 0.1) is 14.2 Å². The summed E-state index contributed by atoms with van der Waals surface area (Å²) in [7, 11) is 2.81. The summed E-state index contributed by atoms with van der Waals surface area (Å²) < 4.78 is 9.57. The van der Waals surface area contributed by atoms with E-state index in [9.17, 15) is 9.59 Å². The Kier molecular flexibility index (Phi) is 5.10. The van der Waals surface area contributed by atoms with Crippen LogP contribution in [0.5, 0.6) is 5.88 Å². The smallest absolute Gasteiger partial charge is 0.328 e. The number of amides is 1. The van der Waals surface area contributed by atoms with Gasteiger partial charge in [-0.25, -0.2) is 9.78 Å². The zero-order valence-electron chi connectivity index (χ0n) is 10.6. The summed E-state index contributed by atoms with van der Waals surface area (Å²) in [5, 5.41) is 2.54. The van der Waals surface area contributed by atoms with Gasteiger partial charge in [-0.2, -0.15) is 0 Å². The number of esters is 1. The van der Waals surface area contributed by atoms with Crippen LogP contribution in [-0.4, -0.2) is 37.1 Å². The number of ether oxygens (including phenoxy) is 2. The molecule has 0 radical (unpaired) electrons. The average Bonchev–Trinajstić information content (AvgIpc) is 2.37. The Bertz CT molecular complexity index is 417. The average molecular weight is 252 g/mol. The fourth-order valence-electron chi connectivity index (χ4n) is 1.47. The zero-order valence-corrected chi connectivity index (χ0v) is 10.6. The molecule has 98 valence electrons. The van der Waals surface area contributed by atoms with Crippen molar-refractivity contribution in [1.29, 1.82) is 0 Å². The maximum absolute atomic E-state index is 11.5. The predicted octanol–water partition coefficient (Wildman–Crippen LogP) is 0.310. The van der Waals surface area contributed by atoms with Crippen molar-refractivity contribution in [3.63, 3.8) is 0 Å². The van der Waals surface area contributed by atoms with Crippen molar-refractivity contribution in [3.8, 4) is 5.88 Å². The van der Waals surface area contributed by atoms with Gasteiger partial charge in [0, 0.05) is 25.6 Å². The van der Waals surface area contributed by atoms with Gasteiger partial charge in [-0.1, -0.05) is 6.07 Å². The number of aromatic nitrogens is 1. The van der Waals surface area contributed by atoms with Gasteiger partial charge < -0.3 is 14.8 Å². The highest BCUT2D eigenvalue weighted by Gasteiger charge is 2.20. The minimum Gasteiger partial charge on any atom is -0.481 e. The lowest BCUT2D eigenvalue weighted by atomic mass is 10.1. The van der Waals surface area contributed by atoms with Gasteiger partial charge in [0.15, 0.2) is 0 Å². The largest absolute Gasteiger partial charge is 0.481 e. The molecule has 0 aliphatic heterocycles. The van der Waals surface area contributed by atoms with E-state index in [1.165, 1.54) is 21.1 Å². The summed E-state index contributed by atoms with van der Waals surface area (Å²) in [6.45, 7) is 1.35. The molecule has 0 aliphatic rings. The molecule has 6 nitrogen and oxygen atoms in total. The number of methoxy groups -OCH3 is 2. The third-order valence-electron chi connectivity index (χ3n) is 2.31. The monoisotopic (exact) mass is 252 g/mol. The van der Waals surface area contributed by atoms with Crippen molar-refractivity contribution in [2.24, 2.45) is 0 Å². The zero-order chi connectivity index (χ0) is 13.5. The molecule has 1 amide bonds. The number of hydrogen-bond acceptors (Lipinski definition) is 5. The molecule has 1 heterocycles. The number of nitrogens with one attached hydrogen (secondary N) is 1. The Hall–Kier alpha value is -2.11. The van der Waals surface area contributed by atoms with Crippen LogP contribution >= 0.6 is 0 Å². The summed E-state index contributed by atoms with van der Waals surface area (Å²) in [6.07, 6.45) is 1.92. The first-order valence-electron chi connectivity index (χ1n) is 5.40. The molecule has 0 bridgehead atoms. The van der Waals surface area contributed by atoms with E-state index in [1.54, 1.807) is 18.3 Å². The maximum Gasteiger partial charge on any atom is 0.328 e. The summed E-state index contributed by atoms with van der Waals surface area (Å²) in [5.41, 5.74) is 0.806. The number of carbonyl (C=O) groups is 2. The number of hydrogen-bond donors (Lipinski definition) is 1. The van der Waals surface area contributed by atoms with Gasteiger partial charge in [-0.3, -0.25) is 4.79 Å². The molecule has 18 heavy (non-hydrogen) atoms. The van der Waals surface area contributed by atoms with Gasteiger partial charge in [-0.05, 0) is 5.56 Å². The molecule has 0 saturated carbocycles. The molecule has 0 spiro atoms. The maximum atomic E-state index is 11.5. The molecule has 6 heteroatoms. The van der Waals surface area contributed by atoms with Crippen LogP contribution in [-0.2, 0) is 20.7 Å². The Morgan fingerprint density at radius 3 is 2.56 bits per heavy atom. The van der Waals surface area contributed by atoms with Crippen LogP contribution in [0.4, 0.5) is 0 Å². The summed E-state index contributed by atoms with van der Waals surface area (Å²) in [6, 6.07) is 2.77. The minimum atomic E-state index is -0.706. The second-order valence-electron chi connectivity index (χ2n) is 3.69. The fraction of sp³-hybridized carbons (Fsp3) is 0.417. The van der Waals surface area contributed by atoms with E-state index in [0.29, 0.717) is 12.3 Å². The number of rotatable bonds is 5. The molecular weight excluding hydrogens is 236 g/mol. The SMILES string of the molecule is COC(=O)[C@H](Cc1ccc(OC)nc1)NC(C)=O. The lowest BCUT2D eigenvalue weighted by Gasteiger charge is -2.15. The molecular formula is C12H16N2O4. The first-order chi connectivity index (χ1) is 8.56. The third-order valence-corrected chi connectivity index (χ3v) is 2.31. The Morgan fingerprint density at radius 1 is 1.39 bits per heavy atom. The highest BCUT2D eigenvalue weighted by atomic mass is 16.5. The number of carbonyl (C=O) groups excluding carboxylic acids is 2. The molecule has 0 aromatic carbocycles. The lowest BCUT2D eigenvalue weighted by Crippen LogP contribution is -2.42. The summed E-state index contributed by atoms with van der Waals surface area (Å²) in [4.78, 5) is 26.5. The summed E-state index contributed by atoms with van der Waals surface area (Å²) >= 11 is 0. The van der Waals surface area contributed by atoms with Crippen molar-refractivity contribution in [3.05, 3.63) is 23.9 Å². The Balaban J connectivity index is 2.75. The normalized spacial score (nSPS) is 11.5. The van der Waals surface area contributed by atoms with E-state index in [-0.39, 0.29) is 5.91 Å². The molecule has 0 unspecified atom stereocenters. The van der Waals surface area contributed by atoms with Gasteiger partial charge >= 0.3 is 5.97 Å². The van der Waals surface area contributed by atoms with Crippen molar-refractivity contribution in [2.45, 2.75) is 19.4 Å². The van der Waals surface area contributed by atoms with Crippen molar-refractivity contribution < 1.29 is 19.1 Å². The van der Waals surface area contributed by atoms with E-state index < -0.39 is 12.0 Å². The molecule has 1 atom stereocenters. The van der Waals surface area contributed by atoms with E-state index in [4.69, 9.17) is 4.74 Å². The molecule has 0 fully saturated rings. The predicted molar refractivity (Wildman–Crippen MR) is 64.1 cm³/mol. The first kappa shape index (κ1) is 14.0. The summed E-state index contributed by atoms with van der Waals surface area (Å²) in [5.74, 6) is -0.277. The highest BCUT2D eigenvalue weighted by Crippen LogP contribution is 2.09. The molecule has 0 aliphatic carbocycles. The van der Waals surface area contributed by atoms with E-state index in [0.717, 1.165) is 5.56 Å². The molecule has 0 saturated heterocycles. The van der Waals surface area contributed by atoms with E-state index >= 15 is 0 Å². The van der Waals surface area contributed by atoms with Crippen LogP contribution in [0, 0.1) is 0 Å². The number of nitrogens with zero attached hydrogens (tertiary/aromatic N) is 1. The first-order valence-corrected chi connectivity index (χ1v) is 5.40. The van der Waals surface area contributed by atoms with Crippen LogP contribution in [0.3, 0.4) is 0 Å². The minimum absolute atomic E-state index is 0.285. The van der Waals surface area contributed by atoms with Gasteiger partial charge in [-0.15, -0.1) is 0 Å². The van der Waals surface area contributed by atoms with Gasteiger partial charge in [0.25, 0.3) is 0 Å². The van der Waals surface area contributed by atoms with Crippen LogP contribution in [0.1, 0.15) is 12.5 Å². The standard InChI is InChI=1S/C12H16N2O4/c1-8(15)14-10(12(16)18-3)6-9-4-5-11(17-2)13-7-9/h4-5,7,10H,6H2,1-3H3,(H,14,15)/t10-/m0/s1. The van der Waals surface area contributed by atoms with Crippen LogP contribution in [0.25, 0.3) is 0 Å². The molecule has 1 N–H and O–H groups in total. The fourth-order valence-corrected chi connectivity index (χ4v) is 1.47. The Morgan fingerprint density at radius 2 is 2.11 bits per heavy atom. The number of pyridine rings is 1. The third kappa shape index (κ3) is 4.04. The second-order valence-corrected chi connectivity index (χ2v) is 3.69. The van der Waals surface area contributed by atoms with Crippen molar-refractivity contribution >= 4 is 11.9 Å². The van der Waals surface area contributed by atoms with Crippen LogP contribution in [0.15, 0.2) is 18.3 Å². The second kappa shape index (κ2) is 6.58. The van der Waals surface area contributed by atoms with E-state index in [2.05, 4.69) is 15.0 Å². The van der Waals surface area contributed by atoms with Gasteiger partial charge in [0.1, 0.15) is 6.04 Å². The lowest BCUT2D eigenvalue weighted by molar-refractivity contribution is -0.144. The van der Waals surface area contributed by atoms with Crippen molar-refractivity contribution in [2.75, 3.05) is 14.2 Å². The molecule has 1 aromatic rings. The van der Waals surface area contributed by atoms with Crippen LogP contribution < -0.4 is 10.1 Å². The quantitative estimate of drug-likeness (QED) is 0.763. The Labute approximate surface area is 105 Å². The van der Waals surface area contributed by atoms with E-state index in [1.807, 2.05) is 0 Å². The topological polar surface area (TPSA) is 77.5 Å².